The van der Waals surface area contributed by atoms with Crippen LogP contribution in [0.3, 0.4) is 0 Å². The van der Waals surface area contributed by atoms with Crippen molar-refractivity contribution in [2.45, 2.75) is 16.8 Å². The Hall–Kier alpha value is -1.10. The summed E-state index contributed by atoms with van der Waals surface area (Å²) in [5.41, 5.74) is 2.86. The molecule has 1 unspecified atom stereocenters. The summed E-state index contributed by atoms with van der Waals surface area (Å²) < 4.78 is -0.123. The number of aryl methyl sites for hydroxylation is 1. The Morgan fingerprint density at radius 3 is 2.65 bits per heavy atom. The van der Waals surface area contributed by atoms with E-state index in [4.69, 9.17) is 5.11 Å². The van der Waals surface area contributed by atoms with E-state index in [0.29, 0.717) is 5.57 Å². The van der Waals surface area contributed by atoms with Crippen LogP contribution in [0.25, 0.3) is 0 Å². The molecule has 0 saturated carbocycles. The molecule has 1 aromatic rings. The van der Waals surface area contributed by atoms with E-state index in [9.17, 15) is 4.79 Å². The van der Waals surface area contributed by atoms with Crippen LogP contribution in [0.4, 0.5) is 0 Å². The third kappa shape index (κ3) is 2.44. The molecule has 0 radical (unpaired) electrons. The molecule has 0 amide bonds. The lowest BCUT2D eigenvalue weighted by Crippen LogP contribution is -2.19. The minimum absolute atomic E-state index is 0.123. The number of halogens is 1. The van der Waals surface area contributed by atoms with E-state index in [1.807, 2.05) is 18.2 Å². The van der Waals surface area contributed by atoms with Crippen molar-refractivity contribution >= 4 is 28.6 Å². The van der Waals surface area contributed by atoms with Crippen LogP contribution in [-0.4, -0.2) is 11.1 Å². The predicted octanol–water partition coefficient (Wildman–Crippen LogP) is 3.60. The van der Waals surface area contributed by atoms with Crippen LogP contribution in [0.1, 0.15) is 17.5 Å². The first-order valence-electron chi connectivity index (χ1n) is 5.41. The molecular formula is C14H13IO2. The Bertz CT molecular complexity index is 517. The Morgan fingerprint density at radius 1 is 1.41 bits per heavy atom. The number of aliphatic carboxylic acids is 1. The third-order valence-electron chi connectivity index (χ3n) is 2.99. The standard InChI is InChI=1S/C14H13IO2/c1-10-4-2-3-5-12(10)14(15)8-6-11(7-9-14)13(16)17/h2-8H,9H2,1H3,(H,16,17). The van der Waals surface area contributed by atoms with E-state index < -0.39 is 5.97 Å². The molecule has 0 heterocycles. The number of allylic oxidation sites excluding steroid dienone is 2. The molecule has 1 aliphatic carbocycles. The summed E-state index contributed by atoms with van der Waals surface area (Å²) in [5, 5.41) is 8.91. The summed E-state index contributed by atoms with van der Waals surface area (Å²) in [6.07, 6.45) is 6.20. The SMILES string of the molecule is Cc1ccccc1C1(I)C=CC(C(=O)O)=CC1. The molecule has 88 valence electrons. The van der Waals surface area contributed by atoms with E-state index in [-0.39, 0.29) is 3.42 Å². The highest BCUT2D eigenvalue weighted by Crippen LogP contribution is 2.41. The largest absolute Gasteiger partial charge is 0.478 e. The number of hydrogen-bond donors (Lipinski definition) is 1. The summed E-state index contributed by atoms with van der Waals surface area (Å²) in [6, 6.07) is 8.22. The minimum atomic E-state index is -0.857. The first-order valence-corrected chi connectivity index (χ1v) is 6.48. The average molecular weight is 340 g/mol. The zero-order valence-electron chi connectivity index (χ0n) is 9.48. The second kappa shape index (κ2) is 4.64. The van der Waals surface area contributed by atoms with Gasteiger partial charge in [0.05, 0.1) is 8.99 Å². The highest BCUT2D eigenvalue weighted by atomic mass is 127. The number of hydrogen-bond acceptors (Lipinski definition) is 1. The zero-order valence-corrected chi connectivity index (χ0v) is 11.6. The molecule has 0 fully saturated rings. The lowest BCUT2D eigenvalue weighted by molar-refractivity contribution is -0.132. The van der Waals surface area contributed by atoms with Gasteiger partial charge >= 0.3 is 5.97 Å². The molecule has 1 aromatic carbocycles. The molecule has 0 aliphatic heterocycles. The van der Waals surface area contributed by atoms with Crippen molar-refractivity contribution in [1.82, 2.24) is 0 Å². The number of alkyl halides is 1. The Balaban J connectivity index is 2.34. The van der Waals surface area contributed by atoms with Crippen LogP contribution in [-0.2, 0) is 8.22 Å². The molecule has 1 atom stereocenters. The fourth-order valence-corrected chi connectivity index (χ4v) is 3.02. The average Bonchev–Trinajstić information content (AvgIpc) is 2.30. The molecule has 17 heavy (non-hydrogen) atoms. The topological polar surface area (TPSA) is 37.3 Å². The normalized spacial score (nSPS) is 23.3. The quantitative estimate of drug-likeness (QED) is 0.660. The molecule has 1 aliphatic rings. The molecule has 0 aromatic heterocycles. The molecule has 0 saturated heterocycles. The number of rotatable bonds is 2. The fourth-order valence-electron chi connectivity index (χ4n) is 2.01. The molecule has 2 nitrogen and oxygen atoms in total. The van der Waals surface area contributed by atoms with Crippen LogP contribution < -0.4 is 0 Å². The van der Waals surface area contributed by atoms with Crippen LogP contribution in [0.2, 0.25) is 0 Å². The van der Waals surface area contributed by atoms with E-state index in [1.165, 1.54) is 11.1 Å². The second-order valence-corrected chi connectivity index (χ2v) is 6.10. The summed E-state index contributed by atoms with van der Waals surface area (Å²) in [6.45, 7) is 2.08. The monoisotopic (exact) mass is 340 g/mol. The van der Waals surface area contributed by atoms with Crippen molar-refractivity contribution in [3.05, 3.63) is 59.2 Å². The van der Waals surface area contributed by atoms with Crippen LogP contribution in [0.15, 0.2) is 48.1 Å². The lowest BCUT2D eigenvalue weighted by atomic mass is 9.87. The van der Waals surface area contributed by atoms with Gasteiger partial charge in [0, 0.05) is 0 Å². The molecule has 0 bridgehead atoms. The van der Waals surface area contributed by atoms with Gasteiger partial charge in [-0.25, -0.2) is 4.79 Å². The van der Waals surface area contributed by atoms with E-state index in [1.54, 1.807) is 12.2 Å². The van der Waals surface area contributed by atoms with Gasteiger partial charge in [-0.05, 0) is 24.5 Å². The van der Waals surface area contributed by atoms with Gasteiger partial charge in [-0.3, -0.25) is 0 Å². The predicted molar refractivity (Wildman–Crippen MR) is 76.4 cm³/mol. The van der Waals surface area contributed by atoms with Gasteiger partial charge in [0.15, 0.2) is 0 Å². The van der Waals surface area contributed by atoms with Crippen molar-refractivity contribution in [2.75, 3.05) is 0 Å². The number of carboxylic acid groups (broad SMARTS) is 1. The Kier molecular flexibility index (Phi) is 3.38. The van der Waals surface area contributed by atoms with Crippen molar-refractivity contribution in [3.63, 3.8) is 0 Å². The van der Waals surface area contributed by atoms with Gasteiger partial charge in [0.2, 0.25) is 0 Å². The summed E-state index contributed by atoms with van der Waals surface area (Å²) >= 11 is 2.39. The van der Waals surface area contributed by atoms with Gasteiger partial charge in [0.1, 0.15) is 0 Å². The maximum atomic E-state index is 10.8. The maximum Gasteiger partial charge on any atom is 0.335 e. The van der Waals surface area contributed by atoms with Gasteiger partial charge in [0.25, 0.3) is 0 Å². The van der Waals surface area contributed by atoms with Crippen molar-refractivity contribution in [3.8, 4) is 0 Å². The molecule has 0 spiro atoms. The molecule has 3 heteroatoms. The summed E-state index contributed by atoms with van der Waals surface area (Å²) in [4.78, 5) is 10.8. The molecular weight excluding hydrogens is 327 g/mol. The van der Waals surface area contributed by atoms with Crippen LogP contribution in [0, 0.1) is 6.92 Å². The van der Waals surface area contributed by atoms with Crippen molar-refractivity contribution < 1.29 is 9.90 Å². The van der Waals surface area contributed by atoms with Crippen LogP contribution in [0.5, 0.6) is 0 Å². The molecule has 1 N–H and O–H groups in total. The lowest BCUT2D eigenvalue weighted by Gasteiger charge is -2.27. The first-order chi connectivity index (χ1) is 8.03. The summed E-state index contributed by atoms with van der Waals surface area (Å²) in [5.74, 6) is -0.857. The minimum Gasteiger partial charge on any atom is -0.478 e. The number of benzene rings is 1. The zero-order chi connectivity index (χ0) is 12.5. The number of carbonyl (C=O) groups is 1. The second-order valence-electron chi connectivity index (χ2n) is 4.18. The highest BCUT2D eigenvalue weighted by molar-refractivity contribution is 14.1. The van der Waals surface area contributed by atoms with E-state index in [2.05, 4.69) is 41.6 Å². The third-order valence-corrected chi connectivity index (χ3v) is 4.37. The van der Waals surface area contributed by atoms with Gasteiger partial charge in [-0.15, -0.1) is 0 Å². The summed E-state index contributed by atoms with van der Waals surface area (Å²) in [7, 11) is 0. The first kappa shape index (κ1) is 12.4. The highest BCUT2D eigenvalue weighted by Gasteiger charge is 2.29. The van der Waals surface area contributed by atoms with Gasteiger partial charge in [-0.1, -0.05) is 65.1 Å². The van der Waals surface area contributed by atoms with Crippen molar-refractivity contribution in [2.24, 2.45) is 0 Å². The van der Waals surface area contributed by atoms with E-state index in [0.717, 1.165) is 6.42 Å². The smallest absolute Gasteiger partial charge is 0.335 e. The maximum absolute atomic E-state index is 10.8. The molecule has 2 rings (SSSR count). The fraction of sp³-hybridized carbons (Fsp3) is 0.214. The number of carboxylic acids is 1. The Labute approximate surface area is 114 Å². The van der Waals surface area contributed by atoms with Crippen LogP contribution >= 0.6 is 22.6 Å². The van der Waals surface area contributed by atoms with Gasteiger partial charge in [-0.2, -0.15) is 0 Å². The van der Waals surface area contributed by atoms with Gasteiger partial charge < -0.3 is 5.11 Å². The van der Waals surface area contributed by atoms with Crippen molar-refractivity contribution in [1.29, 1.82) is 0 Å². The Morgan fingerprint density at radius 2 is 2.12 bits per heavy atom. The van der Waals surface area contributed by atoms with E-state index >= 15 is 0 Å².